The van der Waals surface area contributed by atoms with Crippen molar-refractivity contribution < 1.29 is 14.3 Å². The van der Waals surface area contributed by atoms with Crippen LogP contribution in [-0.2, 0) is 0 Å². The lowest BCUT2D eigenvalue weighted by atomic mass is 10.2. The number of benzene rings is 2. The fourth-order valence-corrected chi connectivity index (χ4v) is 2.57. The van der Waals surface area contributed by atoms with E-state index in [1.54, 1.807) is 12.1 Å². The van der Waals surface area contributed by atoms with Gasteiger partial charge in [-0.1, -0.05) is 38.3 Å². The molecule has 0 unspecified atom stereocenters. The summed E-state index contributed by atoms with van der Waals surface area (Å²) in [7, 11) is 0. The van der Waals surface area contributed by atoms with Crippen molar-refractivity contribution >= 4 is 11.6 Å². The highest BCUT2D eigenvalue weighted by Gasteiger charge is 2.08. The highest BCUT2D eigenvalue weighted by molar-refractivity contribution is 6.04. The summed E-state index contributed by atoms with van der Waals surface area (Å²) in [5, 5.41) is 2.92. The van der Waals surface area contributed by atoms with E-state index < -0.39 is 0 Å². The molecule has 2 rings (SSSR count). The third-order valence-electron chi connectivity index (χ3n) is 3.83. The molecule has 4 nitrogen and oxygen atoms in total. The van der Waals surface area contributed by atoms with Crippen LogP contribution in [0.2, 0.25) is 0 Å². The molecule has 2 aromatic rings. The molecule has 0 saturated heterocycles. The van der Waals surface area contributed by atoms with Crippen LogP contribution in [-0.4, -0.2) is 18.6 Å². The van der Waals surface area contributed by atoms with Gasteiger partial charge in [0.2, 0.25) is 0 Å². The van der Waals surface area contributed by atoms with Crippen molar-refractivity contribution in [3.8, 4) is 11.5 Å². The van der Waals surface area contributed by atoms with Crippen LogP contribution >= 0.6 is 0 Å². The Morgan fingerprint density at radius 3 is 2.54 bits per heavy atom. The summed E-state index contributed by atoms with van der Waals surface area (Å²) < 4.78 is 11.4. The largest absolute Gasteiger partial charge is 0.494 e. The van der Waals surface area contributed by atoms with E-state index in [0.29, 0.717) is 17.9 Å². The summed E-state index contributed by atoms with van der Waals surface area (Å²) in [6, 6.07) is 14.7. The molecule has 1 amide bonds. The van der Waals surface area contributed by atoms with Gasteiger partial charge >= 0.3 is 0 Å². The zero-order chi connectivity index (χ0) is 18.8. The van der Waals surface area contributed by atoms with Crippen LogP contribution in [0.15, 0.2) is 48.5 Å². The number of anilines is 1. The molecule has 0 saturated carbocycles. The predicted molar refractivity (Wildman–Crippen MR) is 106 cm³/mol. The number of rotatable bonds is 10. The fraction of sp³-hybridized carbons (Fsp3) is 0.409. The number of carbonyl (C=O) groups excluding carboxylic acids is 1. The topological polar surface area (TPSA) is 47.6 Å². The molecule has 0 aliphatic carbocycles. The molecule has 0 aliphatic rings. The molecule has 0 aromatic heterocycles. The summed E-state index contributed by atoms with van der Waals surface area (Å²) in [5.74, 6) is 1.30. The van der Waals surface area contributed by atoms with E-state index in [-0.39, 0.29) is 12.0 Å². The predicted octanol–water partition coefficient (Wildman–Crippen LogP) is 5.69. The molecule has 0 aliphatic heterocycles. The molecule has 0 radical (unpaired) electrons. The Kier molecular flexibility index (Phi) is 8.00. The minimum absolute atomic E-state index is 0.0690. The fourth-order valence-electron chi connectivity index (χ4n) is 2.57. The van der Waals surface area contributed by atoms with Gasteiger partial charge in [0.1, 0.15) is 11.5 Å². The molecule has 0 heterocycles. The maximum Gasteiger partial charge on any atom is 0.255 e. The Morgan fingerprint density at radius 1 is 1.00 bits per heavy atom. The lowest BCUT2D eigenvalue weighted by molar-refractivity contribution is 0.102. The Labute approximate surface area is 156 Å². The van der Waals surface area contributed by atoms with Gasteiger partial charge in [-0.15, -0.1) is 0 Å². The maximum absolute atomic E-state index is 12.5. The minimum atomic E-state index is -0.167. The van der Waals surface area contributed by atoms with Gasteiger partial charge in [-0.05, 0) is 50.6 Å². The van der Waals surface area contributed by atoms with Crippen molar-refractivity contribution in [1.29, 1.82) is 0 Å². The first kappa shape index (κ1) is 19.8. The van der Waals surface area contributed by atoms with Gasteiger partial charge in [0.25, 0.3) is 5.91 Å². The number of hydrogen-bond donors (Lipinski definition) is 1. The van der Waals surface area contributed by atoms with Crippen LogP contribution in [0.5, 0.6) is 11.5 Å². The van der Waals surface area contributed by atoms with E-state index in [1.807, 2.05) is 50.2 Å². The summed E-state index contributed by atoms with van der Waals surface area (Å²) >= 11 is 0. The van der Waals surface area contributed by atoms with Gasteiger partial charge in [-0.2, -0.15) is 0 Å². The number of hydrogen-bond acceptors (Lipinski definition) is 3. The molecule has 26 heavy (non-hydrogen) atoms. The second kappa shape index (κ2) is 10.5. The smallest absolute Gasteiger partial charge is 0.255 e. The average Bonchev–Trinajstić information content (AvgIpc) is 2.61. The van der Waals surface area contributed by atoms with Gasteiger partial charge in [0.15, 0.2) is 0 Å². The van der Waals surface area contributed by atoms with Crippen molar-refractivity contribution in [3.63, 3.8) is 0 Å². The first-order chi connectivity index (χ1) is 12.6. The van der Waals surface area contributed by atoms with Crippen LogP contribution in [0.3, 0.4) is 0 Å². The average molecular weight is 355 g/mol. The van der Waals surface area contributed by atoms with E-state index in [4.69, 9.17) is 9.47 Å². The molecule has 0 atom stereocenters. The van der Waals surface area contributed by atoms with E-state index in [0.717, 1.165) is 17.9 Å². The number of carbonyl (C=O) groups is 1. The number of unbranched alkanes of at least 4 members (excludes halogenated alkanes) is 3. The zero-order valence-electron chi connectivity index (χ0n) is 16.0. The number of amides is 1. The first-order valence-corrected chi connectivity index (χ1v) is 9.39. The third-order valence-corrected chi connectivity index (χ3v) is 3.83. The van der Waals surface area contributed by atoms with E-state index >= 15 is 0 Å². The molecule has 140 valence electrons. The van der Waals surface area contributed by atoms with E-state index in [9.17, 15) is 4.79 Å². The molecule has 0 fully saturated rings. The first-order valence-electron chi connectivity index (χ1n) is 9.39. The number of nitrogens with one attached hydrogen (secondary N) is 1. The van der Waals surface area contributed by atoms with Crippen LogP contribution in [0, 0.1) is 0 Å². The molecule has 0 spiro atoms. The van der Waals surface area contributed by atoms with Crippen molar-refractivity contribution in [2.45, 2.75) is 52.6 Å². The Hall–Kier alpha value is -2.49. The molecule has 4 heteroatoms. The van der Waals surface area contributed by atoms with Crippen molar-refractivity contribution in [3.05, 3.63) is 54.1 Å². The second-order valence-electron chi connectivity index (χ2n) is 6.59. The Morgan fingerprint density at radius 2 is 1.77 bits per heavy atom. The van der Waals surface area contributed by atoms with E-state index in [1.165, 1.54) is 19.3 Å². The highest BCUT2D eigenvalue weighted by atomic mass is 16.5. The molecule has 2 aromatic carbocycles. The van der Waals surface area contributed by atoms with Crippen LogP contribution < -0.4 is 14.8 Å². The maximum atomic E-state index is 12.5. The second-order valence-corrected chi connectivity index (χ2v) is 6.59. The SMILES string of the molecule is CCCCCCOc1cccc(NC(=O)c2cccc(OC(C)C)c2)c1. The molecular formula is C22H29NO3. The summed E-state index contributed by atoms with van der Waals surface area (Å²) in [4.78, 5) is 12.5. The van der Waals surface area contributed by atoms with Crippen molar-refractivity contribution in [2.75, 3.05) is 11.9 Å². The Balaban J connectivity index is 1.93. The van der Waals surface area contributed by atoms with Crippen molar-refractivity contribution in [2.24, 2.45) is 0 Å². The van der Waals surface area contributed by atoms with E-state index in [2.05, 4.69) is 12.2 Å². The molecule has 1 N–H and O–H groups in total. The summed E-state index contributed by atoms with van der Waals surface area (Å²) in [6.45, 7) is 6.81. The van der Waals surface area contributed by atoms with Crippen molar-refractivity contribution in [1.82, 2.24) is 0 Å². The monoisotopic (exact) mass is 355 g/mol. The summed E-state index contributed by atoms with van der Waals surface area (Å²) in [6.07, 6.45) is 4.75. The van der Waals surface area contributed by atoms with Crippen LogP contribution in [0.25, 0.3) is 0 Å². The van der Waals surface area contributed by atoms with Gasteiger partial charge in [0.05, 0.1) is 12.7 Å². The van der Waals surface area contributed by atoms with Gasteiger partial charge in [-0.3, -0.25) is 4.79 Å². The lowest BCUT2D eigenvalue weighted by Crippen LogP contribution is -2.13. The minimum Gasteiger partial charge on any atom is -0.494 e. The normalized spacial score (nSPS) is 10.6. The standard InChI is InChI=1S/C22H29NO3/c1-4-5-6-7-14-25-20-12-9-11-19(16-20)23-22(24)18-10-8-13-21(15-18)26-17(2)3/h8-13,15-17H,4-7,14H2,1-3H3,(H,23,24). The van der Waals surface area contributed by atoms with Crippen LogP contribution in [0.1, 0.15) is 56.8 Å². The Bertz CT molecular complexity index is 697. The quantitative estimate of drug-likeness (QED) is 0.557. The zero-order valence-corrected chi connectivity index (χ0v) is 16.0. The summed E-state index contributed by atoms with van der Waals surface area (Å²) in [5.41, 5.74) is 1.28. The number of ether oxygens (including phenoxy) is 2. The van der Waals surface area contributed by atoms with Crippen LogP contribution in [0.4, 0.5) is 5.69 Å². The highest BCUT2D eigenvalue weighted by Crippen LogP contribution is 2.20. The third kappa shape index (κ3) is 6.79. The molecule has 0 bridgehead atoms. The molecular weight excluding hydrogens is 326 g/mol. The van der Waals surface area contributed by atoms with Gasteiger partial charge < -0.3 is 14.8 Å². The lowest BCUT2D eigenvalue weighted by Gasteiger charge is -2.12. The van der Waals surface area contributed by atoms with Gasteiger partial charge in [-0.25, -0.2) is 0 Å². The van der Waals surface area contributed by atoms with Gasteiger partial charge in [0, 0.05) is 17.3 Å².